The van der Waals surface area contributed by atoms with Crippen molar-refractivity contribution in [3.05, 3.63) is 28.8 Å². The minimum atomic E-state index is -4.79. The van der Waals surface area contributed by atoms with Crippen LogP contribution in [0, 0.1) is 0 Å². The van der Waals surface area contributed by atoms with Crippen LogP contribution in [-0.2, 0) is 0 Å². The number of nitrogens with two attached hydrogens (primary N) is 1. The molecule has 0 aromatic heterocycles. The molecule has 0 heterocycles. The maximum atomic E-state index is 12.0. The van der Waals surface area contributed by atoms with E-state index >= 15 is 0 Å². The molecule has 0 saturated heterocycles. The Morgan fingerprint density at radius 2 is 2.00 bits per heavy atom. The highest BCUT2D eigenvalue weighted by Crippen LogP contribution is 2.31. The highest BCUT2D eigenvalue weighted by atomic mass is 35.5. The van der Waals surface area contributed by atoms with Gasteiger partial charge >= 0.3 is 6.36 Å². The number of aliphatic hydroxyl groups excluding tert-OH is 1. The molecule has 96 valence electrons. The number of halogens is 4. The van der Waals surface area contributed by atoms with E-state index in [1.807, 2.05) is 0 Å². The highest BCUT2D eigenvalue weighted by Gasteiger charge is 2.31. The van der Waals surface area contributed by atoms with Gasteiger partial charge in [-0.05, 0) is 25.1 Å². The molecule has 0 spiro atoms. The molecule has 0 bridgehead atoms. The first kappa shape index (κ1) is 14.1. The Labute approximate surface area is 101 Å². The molecule has 0 aliphatic heterocycles. The van der Waals surface area contributed by atoms with Crippen LogP contribution in [0.25, 0.3) is 0 Å². The van der Waals surface area contributed by atoms with E-state index in [0.717, 1.165) is 12.1 Å². The summed E-state index contributed by atoms with van der Waals surface area (Å²) in [5, 5.41) is 9.78. The summed E-state index contributed by atoms with van der Waals surface area (Å²) >= 11 is 5.75. The van der Waals surface area contributed by atoms with Crippen molar-refractivity contribution in [1.82, 2.24) is 0 Å². The normalized spacial score (nSPS) is 15.5. The van der Waals surface area contributed by atoms with Crippen molar-refractivity contribution in [2.45, 2.75) is 25.4 Å². The number of aliphatic hydroxyl groups is 1. The van der Waals surface area contributed by atoms with E-state index in [2.05, 4.69) is 4.74 Å². The second kappa shape index (κ2) is 5.12. The average Bonchev–Trinajstić information content (AvgIpc) is 2.17. The summed E-state index contributed by atoms with van der Waals surface area (Å²) < 4.78 is 39.7. The van der Waals surface area contributed by atoms with Gasteiger partial charge in [-0.15, -0.1) is 13.2 Å². The van der Waals surface area contributed by atoms with Crippen LogP contribution in [0.1, 0.15) is 18.6 Å². The maximum Gasteiger partial charge on any atom is 0.573 e. The van der Waals surface area contributed by atoms with Crippen molar-refractivity contribution in [3.63, 3.8) is 0 Å². The third kappa shape index (κ3) is 4.07. The van der Waals surface area contributed by atoms with Gasteiger partial charge in [0.1, 0.15) is 5.75 Å². The second-order valence-electron chi connectivity index (χ2n) is 3.54. The predicted molar refractivity (Wildman–Crippen MR) is 56.7 cm³/mol. The SMILES string of the molecule is C[C@H](N)[C@H](O)c1cc(OC(F)(F)F)ccc1Cl. The molecule has 1 aromatic rings. The Hall–Kier alpha value is -0.980. The Morgan fingerprint density at radius 1 is 1.41 bits per heavy atom. The molecule has 1 rings (SSSR count). The van der Waals surface area contributed by atoms with Gasteiger partial charge in [0.05, 0.1) is 6.10 Å². The number of ether oxygens (including phenoxy) is 1. The summed E-state index contributed by atoms with van der Waals surface area (Å²) in [6.45, 7) is 1.51. The Morgan fingerprint density at radius 3 is 2.47 bits per heavy atom. The Bertz CT molecular complexity index is 396. The van der Waals surface area contributed by atoms with Crippen molar-refractivity contribution in [3.8, 4) is 5.75 Å². The van der Waals surface area contributed by atoms with Crippen LogP contribution in [0.15, 0.2) is 18.2 Å². The van der Waals surface area contributed by atoms with E-state index in [-0.39, 0.29) is 10.6 Å². The van der Waals surface area contributed by atoms with E-state index in [9.17, 15) is 18.3 Å². The molecule has 2 atom stereocenters. The first-order valence-corrected chi connectivity index (χ1v) is 5.07. The molecule has 0 aliphatic rings. The van der Waals surface area contributed by atoms with Crippen molar-refractivity contribution in [2.75, 3.05) is 0 Å². The molecule has 3 nitrogen and oxygen atoms in total. The van der Waals surface area contributed by atoms with Crippen LogP contribution in [0.2, 0.25) is 5.02 Å². The lowest BCUT2D eigenvalue weighted by atomic mass is 10.0. The third-order valence-electron chi connectivity index (χ3n) is 2.02. The Kier molecular flexibility index (Phi) is 4.24. The van der Waals surface area contributed by atoms with Gasteiger partial charge < -0.3 is 15.6 Å². The van der Waals surface area contributed by atoms with Crippen molar-refractivity contribution in [1.29, 1.82) is 0 Å². The summed E-state index contributed by atoms with van der Waals surface area (Å²) in [4.78, 5) is 0. The number of hydrogen-bond donors (Lipinski definition) is 2. The fourth-order valence-corrected chi connectivity index (χ4v) is 1.46. The number of alkyl halides is 3. The lowest BCUT2D eigenvalue weighted by molar-refractivity contribution is -0.274. The van der Waals surface area contributed by atoms with Crippen LogP contribution in [-0.4, -0.2) is 17.5 Å². The van der Waals surface area contributed by atoms with Gasteiger partial charge in [0.15, 0.2) is 0 Å². The lowest BCUT2D eigenvalue weighted by Crippen LogP contribution is -2.25. The standard InChI is InChI=1S/C10H11ClF3NO2/c1-5(15)9(16)7-4-6(2-3-8(7)11)17-10(12,13)14/h2-5,9,16H,15H2,1H3/t5-,9-/m0/s1. The van der Waals surface area contributed by atoms with Crippen molar-refractivity contribution >= 4 is 11.6 Å². The number of hydrogen-bond acceptors (Lipinski definition) is 3. The van der Waals surface area contributed by atoms with Crippen LogP contribution >= 0.6 is 11.6 Å². The predicted octanol–water partition coefficient (Wildman–Crippen LogP) is 2.62. The average molecular weight is 270 g/mol. The zero-order valence-electron chi connectivity index (χ0n) is 8.83. The van der Waals surface area contributed by atoms with Crippen LogP contribution < -0.4 is 10.5 Å². The minimum absolute atomic E-state index is 0.100. The summed E-state index contributed by atoms with van der Waals surface area (Å²) in [6, 6.07) is 2.63. The quantitative estimate of drug-likeness (QED) is 0.887. The first-order valence-electron chi connectivity index (χ1n) is 4.69. The molecule has 0 aliphatic carbocycles. The molecule has 0 fully saturated rings. The molecular weight excluding hydrogens is 259 g/mol. The number of rotatable bonds is 3. The molecule has 0 amide bonds. The van der Waals surface area contributed by atoms with E-state index in [4.69, 9.17) is 17.3 Å². The van der Waals surface area contributed by atoms with Gasteiger partial charge in [-0.25, -0.2) is 0 Å². The van der Waals surface area contributed by atoms with Gasteiger partial charge in [0.25, 0.3) is 0 Å². The minimum Gasteiger partial charge on any atom is -0.406 e. The summed E-state index contributed by atoms with van der Waals surface area (Å²) in [6.07, 6.45) is -5.94. The third-order valence-corrected chi connectivity index (χ3v) is 2.36. The van der Waals surface area contributed by atoms with E-state index in [0.29, 0.717) is 0 Å². The molecule has 1 aromatic carbocycles. The van der Waals surface area contributed by atoms with E-state index in [1.54, 1.807) is 0 Å². The molecule has 0 unspecified atom stereocenters. The highest BCUT2D eigenvalue weighted by molar-refractivity contribution is 6.31. The second-order valence-corrected chi connectivity index (χ2v) is 3.94. The number of benzene rings is 1. The molecule has 17 heavy (non-hydrogen) atoms. The molecule has 0 saturated carbocycles. The van der Waals surface area contributed by atoms with Gasteiger partial charge in [-0.3, -0.25) is 0 Å². The smallest absolute Gasteiger partial charge is 0.406 e. The van der Waals surface area contributed by atoms with E-state index < -0.39 is 24.3 Å². The van der Waals surface area contributed by atoms with Gasteiger partial charge in [0.2, 0.25) is 0 Å². The zero-order chi connectivity index (χ0) is 13.2. The fourth-order valence-electron chi connectivity index (χ4n) is 1.23. The maximum absolute atomic E-state index is 12.0. The van der Waals surface area contributed by atoms with Crippen LogP contribution in [0.4, 0.5) is 13.2 Å². The van der Waals surface area contributed by atoms with Crippen LogP contribution in [0.3, 0.4) is 0 Å². The lowest BCUT2D eigenvalue weighted by Gasteiger charge is -2.17. The first-order chi connectivity index (χ1) is 7.70. The van der Waals surface area contributed by atoms with Gasteiger partial charge in [-0.2, -0.15) is 0 Å². The topological polar surface area (TPSA) is 55.5 Å². The van der Waals surface area contributed by atoms with E-state index in [1.165, 1.54) is 13.0 Å². The molecule has 0 radical (unpaired) electrons. The largest absolute Gasteiger partial charge is 0.573 e. The van der Waals surface area contributed by atoms with Crippen molar-refractivity contribution < 1.29 is 23.0 Å². The molecule has 3 N–H and O–H groups in total. The molecule has 7 heteroatoms. The molecular formula is C10H11ClF3NO2. The summed E-state index contributed by atoms with van der Waals surface area (Å²) in [7, 11) is 0. The van der Waals surface area contributed by atoms with Gasteiger partial charge in [-0.1, -0.05) is 11.6 Å². The zero-order valence-corrected chi connectivity index (χ0v) is 9.59. The van der Waals surface area contributed by atoms with Crippen LogP contribution in [0.5, 0.6) is 5.75 Å². The van der Waals surface area contributed by atoms with Gasteiger partial charge in [0, 0.05) is 16.6 Å². The van der Waals surface area contributed by atoms with Crippen molar-refractivity contribution in [2.24, 2.45) is 5.73 Å². The monoisotopic (exact) mass is 269 g/mol. The Balaban J connectivity index is 3.02. The fraction of sp³-hybridized carbons (Fsp3) is 0.400. The summed E-state index contributed by atoms with van der Waals surface area (Å²) in [5.41, 5.74) is 5.54. The summed E-state index contributed by atoms with van der Waals surface area (Å²) in [5.74, 6) is -0.448.